The van der Waals surface area contributed by atoms with Gasteiger partial charge in [-0.2, -0.15) is 0 Å². The van der Waals surface area contributed by atoms with Gasteiger partial charge in [0.15, 0.2) is 5.69 Å². The average molecular weight is 343 g/mol. The van der Waals surface area contributed by atoms with Crippen LogP contribution in [-0.2, 0) is 4.79 Å². The summed E-state index contributed by atoms with van der Waals surface area (Å²) in [5, 5.41) is 3.84. The van der Waals surface area contributed by atoms with Crippen LogP contribution in [0.15, 0.2) is 34.9 Å². The second-order valence-electron chi connectivity index (χ2n) is 6.04. The van der Waals surface area contributed by atoms with Crippen LogP contribution in [0.25, 0.3) is 0 Å². The topological polar surface area (TPSA) is 75.9 Å². The summed E-state index contributed by atoms with van der Waals surface area (Å²) in [6, 6.07) is 8.86. The van der Waals surface area contributed by atoms with Crippen LogP contribution in [-0.4, -0.2) is 53.5 Å². The van der Waals surface area contributed by atoms with Crippen molar-refractivity contribution in [2.45, 2.75) is 19.9 Å². The van der Waals surface area contributed by atoms with E-state index < -0.39 is 0 Å². The number of para-hydroxylation sites is 1. The minimum atomic E-state index is -0.307. The number of rotatable bonds is 3. The van der Waals surface area contributed by atoms with Gasteiger partial charge in [-0.3, -0.25) is 9.59 Å². The molecule has 2 aromatic rings. The number of aryl methyl sites for hydroxylation is 1. The predicted molar refractivity (Wildman–Crippen MR) is 90.3 cm³/mol. The van der Waals surface area contributed by atoms with Gasteiger partial charge in [-0.05, 0) is 13.0 Å². The van der Waals surface area contributed by atoms with Gasteiger partial charge in [0.1, 0.15) is 11.5 Å². The maximum absolute atomic E-state index is 12.9. The molecule has 2 amide bonds. The van der Waals surface area contributed by atoms with Gasteiger partial charge in [0.25, 0.3) is 5.91 Å². The van der Waals surface area contributed by atoms with E-state index in [4.69, 9.17) is 9.26 Å². The van der Waals surface area contributed by atoms with Crippen molar-refractivity contribution in [3.63, 3.8) is 0 Å². The zero-order valence-corrected chi connectivity index (χ0v) is 14.6. The Morgan fingerprint density at radius 2 is 2.04 bits per heavy atom. The van der Waals surface area contributed by atoms with Crippen molar-refractivity contribution < 1.29 is 18.8 Å². The number of ether oxygens (including phenoxy) is 1. The van der Waals surface area contributed by atoms with E-state index in [1.165, 1.54) is 6.92 Å². The summed E-state index contributed by atoms with van der Waals surface area (Å²) in [4.78, 5) is 28.3. The molecule has 1 aliphatic rings. The summed E-state index contributed by atoms with van der Waals surface area (Å²) < 4.78 is 10.5. The lowest BCUT2D eigenvalue weighted by Gasteiger charge is -2.41. The summed E-state index contributed by atoms with van der Waals surface area (Å²) in [6.07, 6.45) is 0. The van der Waals surface area contributed by atoms with Gasteiger partial charge in [0.2, 0.25) is 5.91 Å². The molecular weight excluding hydrogens is 322 g/mol. The number of piperazine rings is 1. The molecule has 1 aliphatic heterocycles. The number of nitrogens with zero attached hydrogens (tertiary/aromatic N) is 3. The van der Waals surface area contributed by atoms with Crippen LogP contribution < -0.4 is 4.74 Å². The van der Waals surface area contributed by atoms with Crippen LogP contribution in [0, 0.1) is 6.92 Å². The lowest BCUT2D eigenvalue weighted by molar-refractivity contribution is -0.131. The largest absolute Gasteiger partial charge is 0.496 e. The summed E-state index contributed by atoms with van der Waals surface area (Å²) >= 11 is 0. The zero-order chi connectivity index (χ0) is 18.0. The fraction of sp³-hybridized carbons (Fsp3) is 0.389. The fourth-order valence-electron chi connectivity index (χ4n) is 3.13. The van der Waals surface area contributed by atoms with Crippen LogP contribution in [0.1, 0.15) is 34.8 Å². The molecule has 0 saturated carbocycles. The van der Waals surface area contributed by atoms with E-state index in [-0.39, 0.29) is 23.6 Å². The van der Waals surface area contributed by atoms with Crippen LogP contribution in [0.3, 0.4) is 0 Å². The number of aromatic nitrogens is 1. The van der Waals surface area contributed by atoms with E-state index in [1.54, 1.807) is 29.9 Å². The highest BCUT2D eigenvalue weighted by Gasteiger charge is 2.35. The summed E-state index contributed by atoms with van der Waals surface area (Å²) in [6.45, 7) is 4.61. The molecule has 3 rings (SSSR count). The van der Waals surface area contributed by atoms with E-state index in [0.717, 1.165) is 5.56 Å². The third-order valence-corrected chi connectivity index (χ3v) is 4.43. The highest BCUT2D eigenvalue weighted by atomic mass is 16.5. The molecule has 0 spiro atoms. The minimum Gasteiger partial charge on any atom is -0.496 e. The highest BCUT2D eigenvalue weighted by Crippen LogP contribution is 2.33. The van der Waals surface area contributed by atoms with Crippen LogP contribution in [0.2, 0.25) is 0 Å². The number of carbonyl (C=O) groups is 2. The van der Waals surface area contributed by atoms with Crippen molar-refractivity contribution >= 4 is 11.8 Å². The Labute approximate surface area is 146 Å². The summed E-state index contributed by atoms with van der Waals surface area (Å²) in [5.41, 5.74) is 1.14. The van der Waals surface area contributed by atoms with Gasteiger partial charge in [0.05, 0.1) is 13.2 Å². The molecule has 1 saturated heterocycles. The molecule has 1 unspecified atom stereocenters. The average Bonchev–Trinajstić information content (AvgIpc) is 3.07. The Hall–Kier alpha value is -2.83. The molecule has 1 atom stereocenters. The Bertz CT molecular complexity index is 786. The number of methoxy groups -OCH3 is 1. The first kappa shape index (κ1) is 17.0. The maximum Gasteiger partial charge on any atom is 0.276 e. The van der Waals surface area contributed by atoms with Crippen LogP contribution in [0.5, 0.6) is 5.75 Å². The van der Waals surface area contributed by atoms with Crippen molar-refractivity contribution in [1.29, 1.82) is 0 Å². The molecule has 25 heavy (non-hydrogen) atoms. The molecule has 0 aliphatic carbocycles. The number of hydrogen-bond acceptors (Lipinski definition) is 5. The van der Waals surface area contributed by atoms with Crippen molar-refractivity contribution in [2.24, 2.45) is 0 Å². The number of hydrogen-bond donors (Lipinski definition) is 0. The molecule has 0 radical (unpaired) electrons. The number of amides is 2. The SMILES string of the molecule is COc1ccccc1C1CN(C(C)=O)CCN1C(=O)c1cc(C)on1. The lowest BCUT2D eigenvalue weighted by Crippen LogP contribution is -2.52. The smallest absolute Gasteiger partial charge is 0.276 e. The molecule has 7 nitrogen and oxygen atoms in total. The molecule has 132 valence electrons. The lowest BCUT2D eigenvalue weighted by atomic mass is 10.0. The first-order valence-corrected chi connectivity index (χ1v) is 8.14. The molecule has 0 N–H and O–H groups in total. The summed E-state index contributed by atoms with van der Waals surface area (Å²) in [7, 11) is 1.59. The molecule has 1 fully saturated rings. The van der Waals surface area contributed by atoms with E-state index in [0.29, 0.717) is 31.1 Å². The van der Waals surface area contributed by atoms with Crippen molar-refractivity contribution in [3.05, 3.63) is 47.3 Å². The zero-order valence-electron chi connectivity index (χ0n) is 14.6. The van der Waals surface area contributed by atoms with Gasteiger partial charge in [-0.1, -0.05) is 23.4 Å². The Balaban J connectivity index is 1.97. The van der Waals surface area contributed by atoms with E-state index in [9.17, 15) is 9.59 Å². The monoisotopic (exact) mass is 343 g/mol. The fourth-order valence-corrected chi connectivity index (χ4v) is 3.13. The normalized spacial score (nSPS) is 17.5. The Kier molecular flexibility index (Phi) is 4.74. The number of benzene rings is 1. The van der Waals surface area contributed by atoms with Gasteiger partial charge in [0, 0.05) is 38.2 Å². The molecule has 1 aromatic heterocycles. The van der Waals surface area contributed by atoms with Crippen LogP contribution >= 0.6 is 0 Å². The second-order valence-corrected chi connectivity index (χ2v) is 6.04. The molecule has 0 bridgehead atoms. The third-order valence-electron chi connectivity index (χ3n) is 4.43. The van der Waals surface area contributed by atoms with Crippen molar-refractivity contribution in [2.75, 3.05) is 26.7 Å². The van der Waals surface area contributed by atoms with E-state index >= 15 is 0 Å². The van der Waals surface area contributed by atoms with Gasteiger partial charge in [-0.15, -0.1) is 0 Å². The molecule has 2 heterocycles. The van der Waals surface area contributed by atoms with Gasteiger partial charge >= 0.3 is 0 Å². The maximum atomic E-state index is 12.9. The van der Waals surface area contributed by atoms with Crippen LogP contribution in [0.4, 0.5) is 0 Å². The highest BCUT2D eigenvalue weighted by molar-refractivity contribution is 5.93. The van der Waals surface area contributed by atoms with Gasteiger partial charge in [-0.25, -0.2) is 0 Å². The standard InChI is InChI=1S/C18H21N3O4/c1-12-10-15(19-25-12)18(23)21-9-8-20(13(2)22)11-16(21)14-6-4-5-7-17(14)24-3/h4-7,10,16H,8-9,11H2,1-3H3. The predicted octanol–water partition coefficient (Wildman–Crippen LogP) is 2.04. The number of carbonyl (C=O) groups excluding carboxylic acids is 2. The van der Waals surface area contributed by atoms with E-state index in [1.807, 2.05) is 24.3 Å². The quantitative estimate of drug-likeness (QED) is 0.852. The van der Waals surface area contributed by atoms with E-state index in [2.05, 4.69) is 5.16 Å². The van der Waals surface area contributed by atoms with Gasteiger partial charge < -0.3 is 19.1 Å². The first-order chi connectivity index (χ1) is 12.0. The third kappa shape index (κ3) is 3.35. The van der Waals surface area contributed by atoms with Crippen molar-refractivity contribution in [1.82, 2.24) is 15.0 Å². The summed E-state index contributed by atoms with van der Waals surface area (Å²) in [5.74, 6) is 1.05. The molecular formula is C18H21N3O4. The minimum absolute atomic E-state index is 0.00993. The Morgan fingerprint density at radius 3 is 2.68 bits per heavy atom. The molecule has 1 aromatic carbocycles. The second kappa shape index (κ2) is 6.96. The van der Waals surface area contributed by atoms with Crippen molar-refractivity contribution in [3.8, 4) is 5.75 Å². The molecule has 7 heteroatoms. The first-order valence-electron chi connectivity index (χ1n) is 8.14. The Morgan fingerprint density at radius 1 is 1.28 bits per heavy atom.